The van der Waals surface area contributed by atoms with Crippen LogP contribution in [0.25, 0.3) is 0 Å². The van der Waals surface area contributed by atoms with Crippen molar-refractivity contribution in [2.75, 3.05) is 13.1 Å². The topological polar surface area (TPSA) is 23.5 Å². The van der Waals surface area contributed by atoms with Crippen molar-refractivity contribution < 1.29 is 13.9 Å². The van der Waals surface area contributed by atoms with Crippen molar-refractivity contribution in [2.24, 2.45) is 5.41 Å². The van der Waals surface area contributed by atoms with E-state index in [0.29, 0.717) is 18.2 Å². The average molecular weight is 400 g/mol. The molecule has 29 heavy (non-hydrogen) atoms. The Hall–Kier alpha value is -1.94. The van der Waals surface area contributed by atoms with Gasteiger partial charge in [-0.2, -0.15) is 0 Å². The van der Waals surface area contributed by atoms with E-state index in [-0.39, 0.29) is 16.4 Å². The summed E-state index contributed by atoms with van der Waals surface area (Å²) in [6.07, 6.45) is 4.01. The summed E-state index contributed by atoms with van der Waals surface area (Å²) in [5.41, 5.74) is 2.72. The van der Waals surface area contributed by atoms with E-state index in [2.05, 4.69) is 31.7 Å². The van der Waals surface area contributed by atoms with Crippen LogP contribution in [0.2, 0.25) is 0 Å². The molecule has 1 N–H and O–H groups in total. The molecule has 2 nitrogen and oxygen atoms in total. The summed E-state index contributed by atoms with van der Waals surface area (Å²) >= 11 is 0. The third-order valence-corrected chi connectivity index (χ3v) is 7.92. The predicted octanol–water partition coefficient (Wildman–Crippen LogP) is 5.61. The van der Waals surface area contributed by atoms with Crippen molar-refractivity contribution in [3.05, 3.63) is 64.7 Å². The lowest BCUT2D eigenvalue weighted by Crippen LogP contribution is -2.63. The average Bonchev–Trinajstić information content (AvgIpc) is 2.66. The number of piperidine rings is 1. The van der Waals surface area contributed by atoms with Gasteiger partial charge in [-0.3, -0.25) is 4.90 Å². The molecule has 1 saturated heterocycles. The van der Waals surface area contributed by atoms with Crippen molar-refractivity contribution in [1.82, 2.24) is 4.90 Å². The van der Waals surface area contributed by atoms with E-state index in [1.54, 1.807) is 6.07 Å². The quantitative estimate of drug-likeness (QED) is 0.661. The summed E-state index contributed by atoms with van der Waals surface area (Å²) in [6, 6.07) is 10.4. The first-order valence-corrected chi connectivity index (χ1v) is 10.7. The Bertz CT molecular complexity index is 889. The fraction of sp³-hybridized carbons (Fsp3) is 0.520. The first-order valence-electron chi connectivity index (χ1n) is 10.7. The maximum atomic E-state index is 13.8. The Morgan fingerprint density at radius 1 is 1.03 bits per heavy atom. The Morgan fingerprint density at radius 3 is 2.45 bits per heavy atom. The van der Waals surface area contributed by atoms with E-state index in [1.165, 1.54) is 23.8 Å². The molecule has 1 aliphatic carbocycles. The zero-order valence-corrected chi connectivity index (χ0v) is 17.6. The number of benzene rings is 2. The molecule has 1 fully saturated rings. The molecule has 0 spiro atoms. The molecule has 0 aromatic heterocycles. The Morgan fingerprint density at radius 2 is 1.72 bits per heavy atom. The smallest absolute Gasteiger partial charge is 0.129 e. The second-order valence-electron chi connectivity index (χ2n) is 9.52. The second kappa shape index (κ2) is 7.39. The van der Waals surface area contributed by atoms with Crippen LogP contribution in [0.15, 0.2) is 36.4 Å². The van der Waals surface area contributed by atoms with Crippen molar-refractivity contribution in [2.45, 2.75) is 64.3 Å². The maximum Gasteiger partial charge on any atom is 0.129 e. The number of fused-ring (bicyclic) bond motifs is 4. The normalized spacial score (nSPS) is 25.6. The van der Waals surface area contributed by atoms with Gasteiger partial charge in [0.25, 0.3) is 0 Å². The fourth-order valence-corrected chi connectivity index (χ4v) is 5.69. The zero-order chi connectivity index (χ0) is 20.8. The van der Waals surface area contributed by atoms with Gasteiger partial charge in [0.2, 0.25) is 0 Å². The lowest BCUT2D eigenvalue weighted by molar-refractivity contribution is -0.0387. The summed E-state index contributed by atoms with van der Waals surface area (Å²) < 4.78 is 27.7. The Balaban J connectivity index is 1.47. The molecular weight excluding hydrogens is 368 g/mol. The van der Waals surface area contributed by atoms with Gasteiger partial charge in [0.1, 0.15) is 17.4 Å². The molecule has 2 aromatic carbocycles. The molecule has 156 valence electrons. The highest BCUT2D eigenvalue weighted by molar-refractivity contribution is 5.48. The van der Waals surface area contributed by atoms with Crippen LogP contribution in [0.5, 0.6) is 5.75 Å². The molecule has 0 unspecified atom stereocenters. The first kappa shape index (κ1) is 20.3. The van der Waals surface area contributed by atoms with Gasteiger partial charge in [0.05, 0.1) is 0 Å². The first-order chi connectivity index (χ1) is 13.8. The van der Waals surface area contributed by atoms with Crippen molar-refractivity contribution in [1.29, 1.82) is 0 Å². The molecule has 0 radical (unpaired) electrons. The fourth-order valence-electron chi connectivity index (χ4n) is 5.69. The predicted molar refractivity (Wildman–Crippen MR) is 112 cm³/mol. The van der Waals surface area contributed by atoms with Crippen LogP contribution in [0.3, 0.4) is 0 Å². The molecule has 0 amide bonds. The molecule has 4 heteroatoms. The summed E-state index contributed by atoms with van der Waals surface area (Å²) in [5, 5.41) is 10.5. The maximum absolute atomic E-state index is 13.8. The van der Waals surface area contributed by atoms with Crippen LogP contribution in [0.4, 0.5) is 8.78 Å². The molecule has 0 saturated carbocycles. The number of phenols is 1. The van der Waals surface area contributed by atoms with Crippen molar-refractivity contribution in [3.8, 4) is 5.75 Å². The van der Waals surface area contributed by atoms with Crippen LogP contribution in [-0.2, 0) is 18.3 Å². The van der Waals surface area contributed by atoms with Gasteiger partial charge in [0, 0.05) is 17.0 Å². The molecule has 1 heterocycles. The molecular formula is C25H31F2NO. The summed E-state index contributed by atoms with van der Waals surface area (Å²) in [6.45, 7) is 8.99. The van der Waals surface area contributed by atoms with Gasteiger partial charge in [0.15, 0.2) is 0 Å². The molecule has 2 aromatic rings. The van der Waals surface area contributed by atoms with Crippen molar-refractivity contribution in [3.63, 3.8) is 0 Å². The van der Waals surface area contributed by atoms with Gasteiger partial charge < -0.3 is 5.11 Å². The zero-order valence-electron chi connectivity index (χ0n) is 17.6. The molecule has 2 atom stereocenters. The van der Waals surface area contributed by atoms with E-state index < -0.39 is 11.6 Å². The lowest BCUT2D eigenvalue weighted by Gasteiger charge is -2.61. The van der Waals surface area contributed by atoms with Gasteiger partial charge in [-0.1, -0.05) is 39.0 Å². The van der Waals surface area contributed by atoms with Crippen molar-refractivity contribution >= 4 is 0 Å². The van der Waals surface area contributed by atoms with Gasteiger partial charge in [-0.25, -0.2) is 8.78 Å². The number of rotatable bonds is 5. The number of halogens is 2. The SMILES string of the molecule is CC1(C)[C@H]2Cc3c(O)cccc3[C@]1(C)CCN2CCCCc1c(F)cccc1F. The number of aromatic hydroxyl groups is 1. The highest BCUT2D eigenvalue weighted by atomic mass is 19.1. The molecule has 2 aliphatic rings. The van der Waals surface area contributed by atoms with Crippen LogP contribution < -0.4 is 0 Å². The largest absolute Gasteiger partial charge is 0.508 e. The van der Waals surface area contributed by atoms with E-state index >= 15 is 0 Å². The van der Waals surface area contributed by atoms with Gasteiger partial charge in [-0.15, -0.1) is 0 Å². The van der Waals surface area contributed by atoms with E-state index in [0.717, 1.165) is 44.3 Å². The number of nitrogens with zero attached hydrogens (tertiary/aromatic N) is 1. The lowest BCUT2D eigenvalue weighted by atomic mass is 9.51. The summed E-state index contributed by atoms with van der Waals surface area (Å²) in [7, 11) is 0. The number of likely N-dealkylation sites (tertiary alicyclic amines) is 1. The summed E-state index contributed by atoms with van der Waals surface area (Å²) in [5.74, 6) is -0.482. The number of phenolic OH excluding ortho intramolecular Hbond substituents is 1. The Kier molecular flexibility index (Phi) is 5.18. The van der Waals surface area contributed by atoms with Crippen LogP contribution in [0, 0.1) is 17.0 Å². The molecule has 4 rings (SSSR count). The second-order valence-corrected chi connectivity index (χ2v) is 9.52. The monoisotopic (exact) mass is 399 g/mol. The van der Waals surface area contributed by atoms with Crippen LogP contribution in [-0.4, -0.2) is 29.1 Å². The van der Waals surface area contributed by atoms with E-state index in [9.17, 15) is 13.9 Å². The minimum absolute atomic E-state index is 0.0385. The third-order valence-electron chi connectivity index (χ3n) is 7.92. The number of hydrogen-bond acceptors (Lipinski definition) is 2. The minimum Gasteiger partial charge on any atom is -0.508 e. The Labute approximate surface area is 172 Å². The van der Waals surface area contributed by atoms with E-state index in [1.807, 2.05) is 6.07 Å². The molecule has 1 aliphatic heterocycles. The summed E-state index contributed by atoms with van der Waals surface area (Å²) in [4.78, 5) is 2.54. The highest BCUT2D eigenvalue weighted by Gasteiger charge is 2.55. The van der Waals surface area contributed by atoms with Crippen LogP contribution in [0.1, 0.15) is 56.7 Å². The standard InChI is InChI=1S/C25H31F2NO/c1-24(2)23-16-18-19(9-6-12-22(18)29)25(24,3)13-15-28(23)14-5-4-8-17-20(26)10-7-11-21(17)27/h6-7,9-12,23,29H,4-5,8,13-16H2,1-3H3/t23-,25+/m1/s1. The number of hydrogen-bond donors (Lipinski definition) is 1. The highest BCUT2D eigenvalue weighted by Crippen LogP contribution is 2.57. The van der Waals surface area contributed by atoms with E-state index in [4.69, 9.17) is 0 Å². The number of unbranched alkanes of at least 4 members (excludes halogenated alkanes) is 1. The minimum atomic E-state index is -0.445. The third kappa shape index (κ3) is 3.26. The molecule has 2 bridgehead atoms. The van der Waals surface area contributed by atoms with Gasteiger partial charge in [-0.05, 0) is 79.9 Å². The van der Waals surface area contributed by atoms with Crippen LogP contribution >= 0.6 is 0 Å². The van der Waals surface area contributed by atoms with Gasteiger partial charge >= 0.3 is 0 Å².